The highest BCUT2D eigenvalue weighted by atomic mass is 35.5. The van der Waals surface area contributed by atoms with Crippen molar-refractivity contribution in [1.82, 2.24) is 4.98 Å². The molecule has 1 aromatic rings. The molecular formula is C14H18ClNOS. The predicted octanol–water partition coefficient (Wildman–Crippen LogP) is 4.85. The molecule has 0 saturated heterocycles. The summed E-state index contributed by atoms with van der Waals surface area (Å²) in [6, 6.07) is 0. The van der Waals surface area contributed by atoms with Crippen molar-refractivity contribution >= 4 is 28.5 Å². The molecule has 0 spiro atoms. The van der Waals surface area contributed by atoms with Gasteiger partial charge in [-0.2, -0.15) is 0 Å². The molecule has 4 heteroatoms. The lowest BCUT2D eigenvalue weighted by atomic mass is 10.0. The number of hydrogen-bond acceptors (Lipinski definition) is 3. The van der Waals surface area contributed by atoms with Gasteiger partial charge in [-0.15, -0.1) is 11.3 Å². The zero-order valence-electron chi connectivity index (χ0n) is 10.8. The van der Waals surface area contributed by atoms with Crippen LogP contribution in [0.25, 0.3) is 5.57 Å². The van der Waals surface area contributed by atoms with Crippen LogP contribution in [-0.2, 0) is 11.2 Å². The van der Waals surface area contributed by atoms with Crippen LogP contribution in [0.15, 0.2) is 17.9 Å². The summed E-state index contributed by atoms with van der Waals surface area (Å²) in [7, 11) is 0. The summed E-state index contributed by atoms with van der Waals surface area (Å²) in [6.45, 7) is 4.91. The summed E-state index contributed by atoms with van der Waals surface area (Å²) in [5, 5.41) is 0. The quantitative estimate of drug-likeness (QED) is 0.771. The third kappa shape index (κ3) is 3.15. The van der Waals surface area contributed by atoms with E-state index in [0.29, 0.717) is 4.47 Å². The third-order valence-electron chi connectivity index (χ3n) is 2.82. The highest BCUT2D eigenvalue weighted by Gasteiger charge is 2.15. The van der Waals surface area contributed by atoms with Gasteiger partial charge in [-0.3, -0.25) is 0 Å². The Hall–Kier alpha value is -0.800. The van der Waals surface area contributed by atoms with E-state index in [-0.39, 0.29) is 0 Å². The van der Waals surface area contributed by atoms with E-state index in [0.717, 1.165) is 49.3 Å². The molecular weight excluding hydrogens is 266 g/mol. The summed E-state index contributed by atoms with van der Waals surface area (Å²) in [4.78, 5) is 5.74. The van der Waals surface area contributed by atoms with Crippen LogP contribution in [-0.4, -0.2) is 11.6 Å². The van der Waals surface area contributed by atoms with Crippen LogP contribution in [0, 0.1) is 0 Å². The van der Waals surface area contributed by atoms with Gasteiger partial charge in [0.15, 0.2) is 4.47 Å². The van der Waals surface area contributed by atoms with Crippen molar-refractivity contribution in [3.8, 4) is 0 Å². The molecule has 0 bridgehead atoms. The first-order valence-electron chi connectivity index (χ1n) is 6.43. The van der Waals surface area contributed by atoms with Crippen molar-refractivity contribution < 1.29 is 4.74 Å². The van der Waals surface area contributed by atoms with Crippen LogP contribution in [0.4, 0.5) is 0 Å². The van der Waals surface area contributed by atoms with Crippen LogP contribution in [0.2, 0.25) is 4.47 Å². The molecule has 0 saturated carbocycles. The first-order valence-corrected chi connectivity index (χ1v) is 7.63. The average molecular weight is 284 g/mol. The van der Waals surface area contributed by atoms with Gasteiger partial charge < -0.3 is 4.74 Å². The Bertz CT molecular complexity index is 476. The van der Waals surface area contributed by atoms with Crippen LogP contribution in [0.1, 0.15) is 43.7 Å². The maximum Gasteiger partial charge on any atom is 0.184 e. The molecule has 0 amide bonds. The molecule has 0 N–H and O–H groups in total. The monoisotopic (exact) mass is 283 g/mol. The van der Waals surface area contributed by atoms with Gasteiger partial charge >= 0.3 is 0 Å². The fourth-order valence-electron chi connectivity index (χ4n) is 2.08. The highest BCUT2D eigenvalue weighted by molar-refractivity contribution is 7.15. The number of aryl methyl sites for hydroxylation is 1. The highest BCUT2D eigenvalue weighted by Crippen LogP contribution is 2.33. The van der Waals surface area contributed by atoms with Crippen molar-refractivity contribution in [1.29, 1.82) is 0 Å². The Morgan fingerprint density at radius 2 is 2.28 bits per heavy atom. The van der Waals surface area contributed by atoms with Gasteiger partial charge in [-0.25, -0.2) is 4.98 Å². The number of allylic oxidation sites excluding steroid dienone is 4. The topological polar surface area (TPSA) is 22.1 Å². The van der Waals surface area contributed by atoms with E-state index in [1.54, 1.807) is 11.3 Å². The van der Waals surface area contributed by atoms with E-state index in [1.165, 1.54) is 4.88 Å². The predicted molar refractivity (Wildman–Crippen MR) is 78.0 cm³/mol. The lowest BCUT2D eigenvalue weighted by molar-refractivity contribution is 0.218. The van der Waals surface area contributed by atoms with Gasteiger partial charge in [0, 0.05) is 16.9 Å². The van der Waals surface area contributed by atoms with Gasteiger partial charge in [0.1, 0.15) is 0 Å². The molecule has 0 unspecified atom stereocenters. The summed E-state index contributed by atoms with van der Waals surface area (Å²) >= 11 is 7.64. The Morgan fingerprint density at radius 1 is 1.44 bits per heavy atom. The third-order valence-corrected chi connectivity index (χ3v) is 4.04. The normalized spacial score (nSPS) is 15.3. The van der Waals surface area contributed by atoms with E-state index >= 15 is 0 Å². The Kier molecular flexibility index (Phi) is 4.84. The molecule has 0 radical (unpaired) electrons. The zero-order chi connectivity index (χ0) is 13.0. The van der Waals surface area contributed by atoms with Crippen molar-refractivity contribution in [3.63, 3.8) is 0 Å². The number of rotatable bonds is 5. The number of ether oxygens (including phenoxy) is 1. The minimum atomic E-state index is 0.631. The zero-order valence-corrected chi connectivity index (χ0v) is 12.4. The molecule has 2 nitrogen and oxygen atoms in total. The minimum absolute atomic E-state index is 0.631. The molecule has 0 aliphatic heterocycles. The van der Waals surface area contributed by atoms with E-state index in [2.05, 4.69) is 24.1 Å². The largest absolute Gasteiger partial charge is 0.498 e. The number of thiazole rings is 1. The molecule has 2 rings (SSSR count). The summed E-state index contributed by atoms with van der Waals surface area (Å²) in [6.07, 6.45) is 8.49. The second kappa shape index (κ2) is 6.39. The van der Waals surface area contributed by atoms with Gasteiger partial charge in [-0.05, 0) is 25.8 Å². The molecule has 1 aliphatic carbocycles. The number of halogens is 1. The lowest BCUT2D eigenvalue weighted by Gasteiger charge is -2.14. The molecule has 0 aromatic carbocycles. The van der Waals surface area contributed by atoms with Crippen LogP contribution in [0.3, 0.4) is 0 Å². The second-order valence-electron chi connectivity index (χ2n) is 4.23. The molecule has 1 aromatic heterocycles. The summed E-state index contributed by atoms with van der Waals surface area (Å²) in [5.74, 6) is 1.06. The van der Waals surface area contributed by atoms with Gasteiger partial charge in [0.05, 0.1) is 18.1 Å². The van der Waals surface area contributed by atoms with E-state index in [1.807, 2.05) is 6.92 Å². The van der Waals surface area contributed by atoms with Crippen molar-refractivity contribution in [2.24, 2.45) is 0 Å². The SMILES string of the molecule is CCCc1sc(Cl)nc1C1=CCCC(OCC)=C1. The van der Waals surface area contributed by atoms with E-state index in [9.17, 15) is 0 Å². The first kappa shape index (κ1) is 13.6. The molecule has 18 heavy (non-hydrogen) atoms. The van der Waals surface area contributed by atoms with Gasteiger partial charge in [0.2, 0.25) is 0 Å². The van der Waals surface area contributed by atoms with Crippen LogP contribution >= 0.6 is 22.9 Å². The van der Waals surface area contributed by atoms with Gasteiger partial charge in [0.25, 0.3) is 0 Å². The second-order valence-corrected chi connectivity index (χ2v) is 5.90. The molecule has 0 atom stereocenters. The number of aromatic nitrogens is 1. The van der Waals surface area contributed by atoms with Crippen molar-refractivity contribution in [3.05, 3.63) is 32.9 Å². The van der Waals surface area contributed by atoms with Crippen LogP contribution < -0.4 is 0 Å². The van der Waals surface area contributed by atoms with Crippen molar-refractivity contribution in [2.45, 2.75) is 39.5 Å². The summed E-state index contributed by atoms with van der Waals surface area (Å²) < 4.78 is 6.23. The lowest BCUT2D eigenvalue weighted by Crippen LogP contribution is -1.99. The Balaban J connectivity index is 2.28. The number of nitrogens with zero attached hydrogens (tertiary/aromatic N) is 1. The molecule has 1 heterocycles. The molecule has 1 aliphatic rings. The molecule has 0 fully saturated rings. The standard InChI is InChI=1S/C14H18ClNOS/c1-3-6-12-13(16-14(15)18-12)10-7-5-8-11(9-10)17-4-2/h7,9H,3-6,8H2,1-2H3. The maximum absolute atomic E-state index is 6.05. The smallest absolute Gasteiger partial charge is 0.184 e. The average Bonchev–Trinajstić information content (AvgIpc) is 2.72. The number of hydrogen-bond donors (Lipinski definition) is 0. The maximum atomic E-state index is 6.05. The van der Waals surface area contributed by atoms with Crippen molar-refractivity contribution in [2.75, 3.05) is 6.61 Å². The first-order chi connectivity index (χ1) is 8.74. The Labute approximate surface area is 117 Å². The fourth-order valence-corrected chi connectivity index (χ4v) is 3.35. The molecule has 98 valence electrons. The van der Waals surface area contributed by atoms with Crippen LogP contribution in [0.5, 0.6) is 0 Å². The van der Waals surface area contributed by atoms with E-state index < -0.39 is 0 Å². The minimum Gasteiger partial charge on any atom is -0.498 e. The fraction of sp³-hybridized carbons (Fsp3) is 0.500. The summed E-state index contributed by atoms with van der Waals surface area (Å²) in [5.41, 5.74) is 2.21. The van der Waals surface area contributed by atoms with E-state index in [4.69, 9.17) is 16.3 Å². The Morgan fingerprint density at radius 3 is 3.00 bits per heavy atom. The van der Waals surface area contributed by atoms with Gasteiger partial charge in [-0.1, -0.05) is 31.0 Å².